The number of nitrogens with two attached hydrogens (primary N) is 1. The molecule has 0 aliphatic carbocycles. The molecule has 1 aromatic rings. The van der Waals surface area contributed by atoms with Gasteiger partial charge in [0.15, 0.2) is 0 Å². The molecule has 1 unspecified atom stereocenters. The van der Waals surface area contributed by atoms with Crippen LogP contribution < -0.4 is 5.73 Å². The van der Waals surface area contributed by atoms with E-state index >= 15 is 0 Å². The molecule has 2 N–H and O–H groups in total. The Bertz CT molecular complexity index is 340. The first kappa shape index (κ1) is 9.51. The van der Waals surface area contributed by atoms with Gasteiger partial charge >= 0.3 is 0 Å². The van der Waals surface area contributed by atoms with Crippen LogP contribution in [0.2, 0.25) is 5.02 Å². The van der Waals surface area contributed by atoms with Crippen molar-refractivity contribution in [3.63, 3.8) is 0 Å². The minimum atomic E-state index is -2.29. The minimum Gasteiger partial charge on any atom is -0.768 e. The molecular formula is C7H7ClNO2S-. The molecule has 1 aromatic carbocycles. The van der Waals surface area contributed by atoms with Gasteiger partial charge in [-0.1, -0.05) is 11.6 Å². The molecule has 0 aliphatic rings. The van der Waals surface area contributed by atoms with E-state index in [9.17, 15) is 8.76 Å². The molecular weight excluding hydrogens is 198 g/mol. The summed E-state index contributed by atoms with van der Waals surface area (Å²) in [7, 11) is 0. The molecule has 0 bridgehead atoms. The summed E-state index contributed by atoms with van der Waals surface area (Å²) < 4.78 is 21.1. The van der Waals surface area contributed by atoms with E-state index in [1.807, 2.05) is 0 Å². The molecule has 0 amide bonds. The highest BCUT2D eigenvalue weighted by Crippen LogP contribution is 2.24. The lowest BCUT2D eigenvalue weighted by Crippen LogP contribution is -1.97. The van der Waals surface area contributed by atoms with Crippen molar-refractivity contribution in [2.75, 3.05) is 5.73 Å². The lowest BCUT2D eigenvalue weighted by Gasteiger charge is -2.10. The van der Waals surface area contributed by atoms with E-state index in [2.05, 4.69) is 0 Å². The summed E-state index contributed by atoms with van der Waals surface area (Å²) >= 11 is 3.42. The molecule has 5 heteroatoms. The zero-order valence-corrected chi connectivity index (χ0v) is 7.91. The van der Waals surface area contributed by atoms with Gasteiger partial charge in [0.25, 0.3) is 0 Å². The van der Waals surface area contributed by atoms with Crippen molar-refractivity contribution in [3.05, 3.63) is 22.7 Å². The van der Waals surface area contributed by atoms with E-state index in [0.717, 1.165) is 0 Å². The van der Waals surface area contributed by atoms with Gasteiger partial charge in [0, 0.05) is 15.6 Å². The molecule has 0 radical (unpaired) electrons. The van der Waals surface area contributed by atoms with E-state index in [0.29, 0.717) is 10.6 Å². The number of anilines is 1. The normalized spacial score (nSPS) is 12.9. The zero-order valence-electron chi connectivity index (χ0n) is 6.33. The summed E-state index contributed by atoms with van der Waals surface area (Å²) in [5.74, 6) is 0. The van der Waals surface area contributed by atoms with E-state index in [4.69, 9.17) is 17.3 Å². The van der Waals surface area contributed by atoms with Gasteiger partial charge in [0.2, 0.25) is 0 Å². The fraction of sp³-hybridized carbons (Fsp3) is 0.143. The highest BCUT2D eigenvalue weighted by atomic mass is 35.5. The third kappa shape index (κ3) is 1.77. The van der Waals surface area contributed by atoms with Crippen molar-refractivity contribution in [1.29, 1.82) is 0 Å². The molecule has 66 valence electrons. The SMILES string of the molecule is Cc1cc(S(=O)[O-])c(N)cc1Cl. The van der Waals surface area contributed by atoms with Crippen LogP contribution in [-0.2, 0) is 11.1 Å². The maximum Gasteiger partial charge on any atom is 0.0482 e. The maximum absolute atomic E-state index is 10.6. The van der Waals surface area contributed by atoms with Gasteiger partial charge in [-0.2, -0.15) is 0 Å². The first-order valence-corrected chi connectivity index (χ1v) is 4.62. The Morgan fingerprint density at radius 1 is 1.58 bits per heavy atom. The van der Waals surface area contributed by atoms with Gasteiger partial charge in [0.05, 0.1) is 0 Å². The number of hydrogen-bond donors (Lipinski definition) is 1. The van der Waals surface area contributed by atoms with Crippen LogP contribution in [0.5, 0.6) is 0 Å². The number of rotatable bonds is 1. The third-order valence-electron chi connectivity index (χ3n) is 1.47. The molecule has 0 saturated carbocycles. The van der Waals surface area contributed by atoms with Crippen molar-refractivity contribution in [2.24, 2.45) is 0 Å². The van der Waals surface area contributed by atoms with Crippen LogP contribution in [0.4, 0.5) is 5.69 Å². The number of hydrogen-bond acceptors (Lipinski definition) is 3. The quantitative estimate of drug-likeness (QED) is 0.557. The monoisotopic (exact) mass is 204 g/mol. The smallest absolute Gasteiger partial charge is 0.0482 e. The molecule has 0 aliphatic heterocycles. The molecule has 0 heterocycles. The van der Waals surface area contributed by atoms with Gasteiger partial charge in [-0.05, 0) is 35.7 Å². The summed E-state index contributed by atoms with van der Waals surface area (Å²) in [5, 5.41) is 0.474. The first-order chi connectivity index (χ1) is 5.52. The topological polar surface area (TPSA) is 66.1 Å². The van der Waals surface area contributed by atoms with Gasteiger partial charge in [-0.15, -0.1) is 0 Å². The number of benzene rings is 1. The van der Waals surface area contributed by atoms with Crippen LogP contribution in [0.25, 0.3) is 0 Å². The van der Waals surface area contributed by atoms with Crippen molar-refractivity contribution in [1.82, 2.24) is 0 Å². The first-order valence-electron chi connectivity index (χ1n) is 3.17. The van der Waals surface area contributed by atoms with Crippen LogP contribution in [0.1, 0.15) is 5.56 Å². The molecule has 1 rings (SSSR count). The lowest BCUT2D eigenvalue weighted by atomic mass is 10.2. The Labute approximate surface area is 77.8 Å². The van der Waals surface area contributed by atoms with E-state index in [1.165, 1.54) is 12.1 Å². The molecule has 3 nitrogen and oxygen atoms in total. The summed E-state index contributed by atoms with van der Waals surface area (Å²) in [6, 6.07) is 2.88. The molecule has 0 saturated heterocycles. The second-order valence-corrected chi connectivity index (χ2v) is 3.69. The fourth-order valence-corrected chi connectivity index (χ4v) is 1.51. The average molecular weight is 205 g/mol. The van der Waals surface area contributed by atoms with Crippen LogP contribution in [0.3, 0.4) is 0 Å². The highest BCUT2D eigenvalue weighted by molar-refractivity contribution is 7.79. The number of aryl methyl sites for hydroxylation is 1. The molecule has 0 aromatic heterocycles. The second-order valence-electron chi connectivity index (χ2n) is 2.37. The van der Waals surface area contributed by atoms with Gasteiger partial charge in [0.1, 0.15) is 0 Å². The summed E-state index contributed by atoms with van der Waals surface area (Å²) in [4.78, 5) is 0.0944. The Hall–Kier alpha value is -0.580. The summed E-state index contributed by atoms with van der Waals surface area (Å²) in [5.41, 5.74) is 6.29. The minimum absolute atomic E-state index is 0.0944. The predicted octanol–water partition coefficient (Wildman–Crippen LogP) is 1.47. The van der Waals surface area contributed by atoms with Crippen molar-refractivity contribution >= 4 is 28.4 Å². The Balaban J connectivity index is 3.33. The molecule has 0 spiro atoms. The Morgan fingerprint density at radius 2 is 2.17 bits per heavy atom. The van der Waals surface area contributed by atoms with Gasteiger partial charge in [-0.25, -0.2) is 0 Å². The largest absolute Gasteiger partial charge is 0.768 e. The standard InChI is InChI=1S/C7H8ClNO2S/c1-4-2-7(12(10)11)6(9)3-5(4)8/h2-3H,9H2,1H3,(H,10,11)/p-1. The van der Waals surface area contributed by atoms with Crippen LogP contribution in [0, 0.1) is 6.92 Å². The summed E-state index contributed by atoms with van der Waals surface area (Å²) in [6.45, 7) is 1.72. The molecule has 1 atom stereocenters. The van der Waals surface area contributed by atoms with Crippen LogP contribution in [0.15, 0.2) is 17.0 Å². The molecule has 0 fully saturated rings. The van der Waals surface area contributed by atoms with E-state index in [-0.39, 0.29) is 10.6 Å². The fourth-order valence-electron chi connectivity index (χ4n) is 0.815. The number of halogens is 1. The third-order valence-corrected chi connectivity index (χ3v) is 2.59. The molecule has 12 heavy (non-hydrogen) atoms. The van der Waals surface area contributed by atoms with Crippen molar-refractivity contribution in [2.45, 2.75) is 11.8 Å². The average Bonchev–Trinajstić information content (AvgIpc) is 1.96. The van der Waals surface area contributed by atoms with E-state index in [1.54, 1.807) is 6.92 Å². The predicted molar refractivity (Wildman–Crippen MR) is 47.8 cm³/mol. The highest BCUT2D eigenvalue weighted by Gasteiger charge is 2.03. The van der Waals surface area contributed by atoms with Gasteiger partial charge in [-0.3, -0.25) is 4.21 Å². The summed E-state index contributed by atoms with van der Waals surface area (Å²) in [6.07, 6.45) is 0. The van der Waals surface area contributed by atoms with Gasteiger partial charge < -0.3 is 10.3 Å². The second kappa shape index (κ2) is 3.43. The van der Waals surface area contributed by atoms with Crippen LogP contribution in [-0.4, -0.2) is 8.76 Å². The van der Waals surface area contributed by atoms with Crippen LogP contribution >= 0.6 is 11.6 Å². The van der Waals surface area contributed by atoms with Crippen molar-refractivity contribution in [3.8, 4) is 0 Å². The Kier molecular flexibility index (Phi) is 2.72. The maximum atomic E-state index is 10.6. The van der Waals surface area contributed by atoms with Crippen molar-refractivity contribution < 1.29 is 8.76 Å². The number of nitrogen functional groups attached to an aromatic ring is 1. The zero-order chi connectivity index (χ0) is 9.30. The van der Waals surface area contributed by atoms with E-state index < -0.39 is 11.1 Å². The Morgan fingerprint density at radius 3 is 2.67 bits per heavy atom. The lowest BCUT2D eigenvalue weighted by molar-refractivity contribution is 0.537.